The van der Waals surface area contributed by atoms with Crippen molar-refractivity contribution in [2.45, 2.75) is 12.1 Å². The van der Waals surface area contributed by atoms with Gasteiger partial charge in [-0.05, 0) is 25.0 Å². The molecule has 2 nitrogen and oxygen atoms in total. The van der Waals surface area contributed by atoms with E-state index in [4.69, 9.17) is 0 Å². The zero-order chi connectivity index (χ0) is 16.1. The molecular formula is C20H21N2P. The minimum atomic E-state index is -0.542. The van der Waals surface area contributed by atoms with Gasteiger partial charge in [0.1, 0.15) is 5.82 Å². The molecule has 1 aromatic heterocycles. The SMILES string of the molecule is C=CCC(c1nccn1C)P(c1ccccc1)c1ccccc1. The van der Waals surface area contributed by atoms with Crippen LogP contribution in [-0.4, -0.2) is 9.55 Å². The number of hydrogen-bond donors (Lipinski definition) is 0. The van der Waals surface area contributed by atoms with E-state index >= 15 is 0 Å². The Morgan fingerprint density at radius 1 is 1.04 bits per heavy atom. The van der Waals surface area contributed by atoms with Crippen LogP contribution in [0, 0.1) is 0 Å². The minimum Gasteiger partial charge on any atom is -0.337 e. The molecule has 23 heavy (non-hydrogen) atoms. The Bertz CT molecular complexity index is 710. The van der Waals surface area contributed by atoms with E-state index in [0.29, 0.717) is 5.66 Å². The van der Waals surface area contributed by atoms with Crippen molar-refractivity contribution in [3.8, 4) is 0 Å². The molecule has 0 spiro atoms. The summed E-state index contributed by atoms with van der Waals surface area (Å²) >= 11 is 0. The second-order valence-corrected chi connectivity index (χ2v) is 7.87. The third-order valence-electron chi connectivity index (χ3n) is 3.93. The number of allylic oxidation sites excluding steroid dienone is 1. The van der Waals surface area contributed by atoms with Crippen LogP contribution in [0.3, 0.4) is 0 Å². The predicted molar refractivity (Wildman–Crippen MR) is 99.8 cm³/mol. The molecule has 0 radical (unpaired) electrons. The Morgan fingerprint density at radius 2 is 1.61 bits per heavy atom. The van der Waals surface area contributed by atoms with Gasteiger partial charge in [-0.25, -0.2) is 4.98 Å². The van der Waals surface area contributed by atoms with Gasteiger partial charge in [0.15, 0.2) is 0 Å². The maximum Gasteiger partial charge on any atom is 0.116 e. The van der Waals surface area contributed by atoms with Gasteiger partial charge in [-0.1, -0.05) is 66.7 Å². The fourth-order valence-electron chi connectivity index (χ4n) is 2.87. The van der Waals surface area contributed by atoms with Crippen LogP contribution in [0.15, 0.2) is 85.7 Å². The van der Waals surface area contributed by atoms with Crippen molar-refractivity contribution in [2.75, 3.05) is 0 Å². The first kappa shape index (κ1) is 15.7. The minimum absolute atomic E-state index is 0.326. The highest BCUT2D eigenvalue weighted by atomic mass is 31.1. The Balaban J connectivity index is 2.13. The lowest BCUT2D eigenvalue weighted by Gasteiger charge is -2.27. The van der Waals surface area contributed by atoms with Gasteiger partial charge in [-0.3, -0.25) is 0 Å². The molecule has 3 aromatic rings. The molecule has 1 unspecified atom stereocenters. The first-order valence-corrected chi connectivity index (χ1v) is 9.20. The van der Waals surface area contributed by atoms with Crippen LogP contribution >= 0.6 is 7.92 Å². The lowest BCUT2D eigenvalue weighted by Crippen LogP contribution is -2.19. The average Bonchev–Trinajstić information content (AvgIpc) is 3.02. The van der Waals surface area contributed by atoms with E-state index in [9.17, 15) is 0 Å². The summed E-state index contributed by atoms with van der Waals surface area (Å²) < 4.78 is 2.13. The molecule has 3 rings (SSSR count). The maximum absolute atomic E-state index is 4.64. The van der Waals surface area contributed by atoms with Crippen LogP contribution in [0.2, 0.25) is 0 Å². The van der Waals surface area contributed by atoms with Crippen LogP contribution in [0.25, 0.3) is 0 Å². The molecule has 1 atom stereocenters. The predicted octanol–water partition coefficient (Wildman–Crippen LogP) is 4.17. The van der Waals surface area contributed by atoms with Crippen molar-refractivity contribution >= 4 is 18.5 Å². The standard InChI is InChI=1S/C20H21N2P/c1-3-10-19(20-21-15-16-22(20)2)23(17-11-6-4-7-12-17)18-13-8-5-9-14-18/h3-9,11-16,19H,1,10H2,2H3. The Kier molecular flexibility index (Phi) is 5.05. The van der Waals surface area contributed by atoms with Crippen molar-refractivity contribution in [2.24, 2.45) is 7.05 Å². The van der Waals surface area contributed by atoms with Gasteiger partial charge in [0.25, 0.3) is 0 Å². The summed E-state index contributed by atoms with van der Waals surface area (Å²) in [5.41, 5.74) is 0.326. The number of nitrogens with zero attached hydrogens (tertiary/aromatic N) is 2. The fraction of sp³-hybridized carbons (Fsp3) is 0.150. The quantitative estimate of drug-likeness (QED) is 0.492. The summed E-state index contributed by atoms with van der Waals surface area (Å²) in [5, 5.41) is 2.76. The van der Waals surface area contributed by atoms with E-state index in [2.05, 4.69) is 83.8 Å². The van der Waals surface area contributed by atoms with Gasteiger partial charge in [-0.2, -0.15) is 0 Å². The Labute approximate surface area is 139 Å². The molecular weight excluding hydrogens is 299 g/mol. The van der Waals surface area contributed by atoms with E-state index < -0.39 is 7.92 Å². The fourth-order valence-corrected chi connectivity index (χ4v) is 5.71. The van der Waals surface area contributed by atoms with Crippen LogP contribution in [0.5, 0.6) is 0 Å². The molecule has 0 bridgehead atoms. The molecule has 0 aliphatic heterocycles. The van der Waals surface area contributed by atoms with E-state index in [1.54, 1.807) is 0 Å². The lowest BCUT2D eigenvalue weighted by atomic mass is 10.3. The van der Waals surface area contributed by atoms with E-state index in [0.717, 1.165) is 12.2 Å². The third kappa shape index (κ3) is 3.43. The van der Waals surface area contributed by atoms with Gasteiger partial charge in [-0.15, -0.1) is 6.58 Å². The van der Waals surface area contributed by atoms with E-state index in [1.807, 2.05) is 18.5 Å². The summed E-state index contributed by atoms with van der Waals surface area (Å²) in [6.45, 7) is 3.98. The number of rotatable bonds is 6. The van der Waals surface area contributed by atoms with E-state index in [1.165, 1.54) is 10.6 Å². The van der Waals surface area contributed by atoms with Crippen molar-refractivity contribution in [1.82, 2.24) is 9.55 Å². The summed E-state index contributed by atoms with van der Waals surface area (Å²) in [6, 6.07) is 21.6. The van der Waals surface area contributed by atoms with E-state index in [-0.39, 0.29) is 0 Å². The van der Waals surface area contributed by atoms with Crippen LogP contribution < -0.4 is 10.6 Å². The van der Waals surface area contributed by atoms with Crippen molar-refractivity contribution in [3.63, 3.8) is 0 Å². The number of benzene rings is 2. The lowest BCUT2D eigenvalue weighted by molar-refractivity contribution is 0.764. The highest BCUT2D eigenvalue weighted by Gasteiger charge is 2.27. The largest absolute Gasteiger partial charge is 0.337 e. The average molecular weight is 320 g/mol. The molecule has 116 valence electrons. The molecule has 2 aromatic carbocycles. The zero-order valence-electron chi connectivity index (χ0n) is 13.3. The van der Waals surface area contributed by atoms with Crippen molar-refractivity contribution in [3.05, 3.63) is 91.5 Å². The molecule has 0 amide bonds. The smallest absolute Gasteiger partial charge is 0.116 e. The van der Waals surface area contributed by atoms with Gasteiger partial charge in [0, 0.05) is 25.1 Å². The Morgan fingerprint density at radius 3 is 2.04 bits per heavy atom. The van der Waals surface area contributed by atoms with Crippen LogP contribution in [-0.2, 0) is 7.05 Å². The third-order valence-corrected chi connectivity index (χ3v) is 6.70. The summed E-state index contributed by atoms with van der Waals surface area (Å²) in [7, 11) is 1.53. The summed E-state index contributed by atoms with van der Waals surface area (Å²) in [5.74, 6) is 1.13. The highest BCUT2D eigenvalue weighted by Crippen LogP contribution is 2.50. The van der Waals surface area contributed by atoms with Crippen molar-refractivity contribution in [1.29, 1.82) is 0 Å². The van der Waals surface area contributed by atoms with Crippen LogP contribution in [0.4, 0.5) is 0 Å². The molecule has 3 heteroatoms. The molecule has 0 aliphatic carbocycles. The van der Waals surface area contributed by atoms with Gasteiger partial charge in [0.2, 0.25) is 0 Å². The second kappa shape index (κ2) is 7.39. The molecule has 0 N–H and O–H groups in total. The number of imidazole rings is 1. The monoisotopic (exact) mass is 320 g/mol. The summed E-state index contributed by atoms with van der Waals surface area (Å²) in [6.07, 6.45) is 6.84. The topological polar surface area (TPSA) is 17.8 Å². The van der Waals surface area contributed by atoms with Gasteiger partial charge < -0.3 is 4.57 Å². The van der Waals surface area contributed by atoms with Gasteiger partial charge >= 0.3 is 0 Å². The van der Waals surface area contributed by atoms with Crippen LogP contribution in [0.1, 0.15) is 17.9 Å². The number of hydrogen-bond acceptors (Lipinski definition) is 1. The normalized spacial score (nSPS) is 12.3. The molecule has 0 aliphatic rings. The summed E-state index contributed by atoms with van der Waals surface area (Å²) in [4.78, 5) is 4.64. The number of aromatic nitrogens is 2. The molecule has 0 saturated carbocycles. The number of aryl methyl sites for hydroxylation is 1. The van der Waals surface area contributed by atoms with Crippen molar-refractivity contribution < 1.29 is 0 Å². The molecule has 0 saturated heterocycles. The second-order valence-electron chi connectivity index (χ2n) is 5.48. The molecule has 1 heterocycles. The molecule has 0 fully saturated rings. The highest BCUT2D eigenvalue weighted by molar-refractivity contribution is 7.73. The van der Waals surface area contributed by atoms with Gasteiger partial charge in [0.05, 0.1) is 0 Å². The maximum atomic E-state index is 4.64. The Hall–Kier alpha value is -2.18. The first-order valence-electron chi connectivity index (χ1n) is 7.78. The zero-order valence-corrected chi connectivity index (χ0v) is 14.2. The first-order chi connectivity index (χ1) is 11.3.